The van der Waals surface area contributed by atoms with Gasteiger partial charge in [-0.3, -0.25) is 4.79 Å². The van der Waals surface area contributed by atoms with Crippen LogP contribution in [0.25, 0.3) is 10.9 Å². The van der Waals surface area contributed by atoms with E-state index in [0.29, 0.717) is 5.75 Å². The van der Waals surface area contributed by atoms with Crippen molar-refractivity contribution in [2.24, 2.45) is 0 Å². The van der Waals surface area contributed by atoms with Crippen LogP contribution in [0.2, 0.25) is 10.0 Å². The maximum Gasteiger partial charge on any atom is 0.337 e. The van der Waals surface area contributed by atoms with Gasteiger partial charge in [-0.2, -0.15) is 0 Å². The third-order valence-corrected chi connectivity index (χ3v) is 4.73. The van der Waals surface area contributed by atoms with Gasteiger partial charge in [0.15, 0.2) is 0 Å². The number of carboxylic acid groups (broad SMARTS) is 1. The summed E-state index contributed by atoms with van der Waals surface area (Å²) < 4.78 is 5.25. The summed E-state index contributed by atoms with van der Waals surface area (Å²) in [5.41, 5.74) is 2.37. The number of anilines is 1. The second kappa shape index (κ2) is 7.50. The number of nitrogens with one attached hydrogen (secondary N) is 2. The molecule has 0 unspecified atom stereocenters. The van der Waals surface area contributed by atoms with Crippen molar-refractivity contribution in [1.29, 1.82) is 0 Å². The van der Waals surface area contributed by atoms with Crippen LogP contribution in [0.4, 0.5) is 5.69 Å². The molecule has 140 valence electrons. The van der Waals surface area contributed by atoms with Gasteiger partial charge < -0.3 is 20.1 Å². The van der Waals surface area contributed by atoms with E-state index in [9.17, 15) is 14.7 Å². The third kappa shape index (κ3) is 3.86. The van der Waals surface area contributed by atoms with Crippen molar-refractivity contribution in [3.8, 4) is 5.75 Å². The van der Waals surface area contributed by atoms with Crippen LogP contribution in [0.3, 0.4) is 0 Å². The zero-order valence-electron chi connectivity index (χ0n) is 14.5. The molecule has 27 heavy (non-hydrogen) atoms. The van der Waals surface area contributed by atoms with E-state index in [2.05, 4.69) is 10.3 Å². The molecule has 3 N–H and O–H groups in total. The van der Waals surface area contributed by atoms with Gasteiger partial charge in [-0.25, -0.2) is 4.79 Å². The number of aromatic nitrogens is 1. The van der Waals surface area contributed by atoms with Gasteiger partial charge in [0.1, 0.15) is 5.75 Å². The van der Waals surface area contributed by atoms with Gasteiger partial charge in [0.2, 0.25) is 5.91 Å². The number of aromatic carboxylic acids is 1. The zero-order chi connectivity index (χ0) is 19.7. The Morgan fingerprint density at radius 1 is 1.22 bits per heavy atom. The maximum absolute atomic E-state index is 12.6. The fourth-order valence-electron chi connectivity index (χ4n) is 2.93. The number of H-pyrrole nitrogens is 1. The predicted molar refractivity (Wildman–Crippen MR) is 105 cm³/mol. The fourth-order valence-corrected chi connectivity index (χ4v) is 3.47. The van der Waals surface area contributed by atoms with Crippen LogP contribution in [0.5, 0.6) is 5.75 Å². The molecule has 1 heterocycles. The number of benzene rings is 2. The highest BCUT2D eigenvalue weighted by Gasteiger charge is 2.19. The molecule has 0 aliphatic rings. The molecule has 3 rings (SSSR count). The van der Waals surface area contributed by atoms with Gasteiger partial charge in [-0.05, 0) is 42.8 Å². The van der Waals surface area contributed by atoms with Crippen molar-refractivity contribution in [2.45, 2.75) is 13.3 Å². The van der Waals surface area contributed by atoms with Crippen LogP contribution >= 0.6 is 23.2 Å². The fraction of sp³-hybridized carbons (Fsp3) is 0.158. The number of carbonyl (C=O) groups is 2. The summed E-state index contributed by atoms with van der Waals surface area (Å²) in [7, 11) is 1.57. The van der Waals surface area contributed by atoms with Crippen LogP contribution in [-0.4, -0.2) is 29.1 Å². The molecule has 3 aromatic rings. The Morgan fingerprint density at radius 2 is 1.96 bits per heavy atom. The number of rotatable bonds is 5. The molecule has 0 radical (unpaired) electrons. The molecule has 0 bridgehead atoms. The summed E-state index contributed by atoms with van der Waals surface area (Å²) in [6.45, 7) is 1.87. The lowest BCUT2D eigenvalue weighted by Crippen LogP contribution is -2.17. The van der Waals surface area contributed by atoms with Gasteiger partial charge in [0.25, 0.3) is 0 Å². The molecule has 0 atom stereocenters. The lowest BCUT2D eigenvalue weighted by Gasteiger charge is -2.11. The normalized spacial score (nSPS) is 10.8. The molecule has 0 spiro atoms. The summed E-state index contributed by atoms with van der Waals surface area (Å²) in [5.74, 6) is -0.951. The van der Waals surface area contributed by atoms with Crippen molar-refractivity contribution >= 4 is 51.7 Å². The van der Waals surface area contributed by atoms with Crippen LogP contribution in [0.1, 0.15) is 21.6 Å². The maximum atomic E-state index is 12.6. The van der Waals surface area contributed by atoms with E-state index in [-0.39, 0.29) is 27.7 Å². The molecule has 2 aromatic carbocycles. The molecule has 6 nitrogen and oxygen atoms in total. The molecule has 0 aliphatic heterocycles. The minimum atomic E-state index is -1.23. The van der Waals surface area contributed by atoms with Crippen LogP contribution in [0.15, 0.2) is 30.3 Å². The van der Waals surface area contributed by atoms with Crippen molar-refractivity contribution in [3.05, 3.63) is 57.2 Å². The van der Waals surface area contributed by atoms with Gasteiger partial charge >= 0.3 is 5.97 Å². The molecule has 8 heteroatoms. The number of ether oxygens (including phenoxy) is 1. The average Bonchev–Trinajstić information content (AvgIpc) is 2.91. The van der Waals surface area contributed by atoms with Gasteiger partial charge in [-0.1, -0.05) is 23.2 Å². The number of hydrogen-bond acceptors (Lipinski definition) is 3. The molecule has 0 fully saturated rings. The smallest absolute Gasteiger partial charge is 0.337 e. The van der Waals surface area contributed by atoms with E-state index in [0.717, 1.165) is 22.2 Å². The standard InChI is InChI=1S/C19H16Cl2N2O4/c1-9-12(13-7-11(27-2)3-4-16(13)22-9)8-17(24)23-18-14(19(25)26)5-10(20)6-15(18)21/h3-7,22H,8H2,1-2H3,(H,23,24)(H,25,26). The van der Waals surface area contributed by atoms with Crippen molar-refractivity contribution in [2.75, 3.05) is 12.4 Å². The van der Waals surface area contributed by atoms with Crippen molar-refractivity contribution < 1.29 is 19.4 Å². The average molecular weight is 407 g/mol. The molecular formula is C19H16Cl2N2O4. The Hall–Kier alpha value is -2.70. The Morgan fingerprint density at radius 3 is 2.63 bits per heavy atom. The zero-order valence-corrected chi connectivity index (χ0v) is 16.0. The number of carbonyl (C=O) groups excluding carboxylic acids is 1. The van der Waals surface area contributed by atoms with Crippen LogP contribution in [0, 0.1) is 6.92 Å². The second-order valence-corrected chi connectivity index (χ2v) is 6.82. The Balaban J connectivity index is 1.93. The van der Waals surface area contributed by atoms with Crippen molar-refractivity contribution in [1.82, 2.24) is 4.98 Å². The minimum absolute atomic E-state index is 0.0219. The number of carboxylic acids is 1. The quantitative estimate of drug-likeness (QED) is 0.573. The minimum Gasteiger partial charge on any atom is -0.497 e. The summed E-state index contributed by atoms with van der Waals surface area (Å²) in [6.07, 6.45) is 0.0387. The first kappa shape index (κ1) is 19.1. The summed E-state index contributed by atoms with van der Waals surface area (Å²) in [5, 5.41) is 13.0. The lowest BCUT2D eigenvalue weighted by molar-refractivity contribution is -0.115. The largest absolute Gasteiger partial charge is 0.497 e. The molecule has 0 saturated heterocycles. The van der Waals surface area contributed by atoms with Crippen LogP contribution < -0.4 is 10.1 Å². The Labute approximate surface area is 165 Å². The SMILES string of the molecule is COc1ccc2[nH]c(C)c(CC(=O)Nc3c(Cl)cc(Cl)cc3C(=O)O)c2c1. The molecule has 1 aromatic heterocycles. The van der Waals surface area contributed by atoms with E-state index in [4.69, 9.17) is 27.9 Å². The number of halogens is 2. The Kier molecular flexibility index (Phi) is 5.30. The van der Waals surface area contributed by atoms with E-state index < -0.39 is 11.9 Å². The van der Waals surface area contributed by atoms with E-state index in [1.54, 1.807) is 7.11 Å². The number of amides is 1. The molecule has 1 amide bonds. The number of methoxy groups -OCH3 is 1. The lowest BCUT2D eigenvalue weighted by atomic mass is 10.1. The van der Waals surface area contributed by atoms with E-state index >= 15 is 0 Å². The highest BCUT2D eigenvalue weighted by atomic mass is 35.5. The van der Waals surface area contributed by atoms with E-state index in [1.165, 1.54) is 12.1 Å². The second-order valence-electron chi connectivity index (χ2n) is 5.98. The monoisotopic (exact) mass is 406 g/mol. The third-order valence-electron chi connectivity index (χ3n) is 4.21. The highest BCUT2D eigenvalue weighted by molar-refractivity contribution is 6.37. The number of fused-ring (bicyclic) bond motifs is 1. The number of hydrogen-bond donors (Lipinski definition) is 3. The Bertz CT molecular complexity index is 1060. The highest BCUT2D eigenvalue weighted by Crippen LogP contribution is 2.31. The summed E-state index contributed by atoms with van der Waals surface area (Å²) in [6, 6.07) is 8.18. The predicted octanol–water partition coefficient (Wildman–Crippen LogP) is 4.67. The molecular weight excluding hydrogens is 391 g/mol. The number of aryl methyl sites for hydroxylation is 1. The van der Waals surface area contributed by atoms with Crippen molar-refractivity contribution in [3.63, 3.8) is 0 Å². The van der Waals surface area contributed by atoms with E-state index in [1.807, 2.05) is 25.1 Å². The topological polar surface area (TPSA) is 91.4 Å². The van der Waals surface area contributed by atoms with Gasteiger partial charge in [-0.15, -0.1) is 0 Å². The number of aromatic amines is 1. The molecule has 0 saturated carbocycles. The van der Waals surface area contributed by atoms with Gasteiger partial charge in [0.05, 0.1) is 29.8 Å². The molecule has 0 aliphatic carbocycles. The van der Waals surface area contributed by atoms with Gasteiger partial charge in [0, 0.05) is 21.6 Å². The first-order valence-electron chi connectivity index (χ1n) is 7.97. The summed E-state index contributed by atoms with van der Waals surface area (Å²) in [4.78, 5) is 27.3. The summed E-state index contributed by atoms with van der Waals surface area (Å²) >= 11 is 11.9. The first-order chi connectivity index (χ1) is 12.8. The first-order valence-corrected chi connectivity index (χ1v) is 8.73. The van der Waals surface area contributed by atoms with Crippen LogP contribution in [-0.2, 0) is 11.2 Å².